The number of nitrogens with zero attached hydrogens (tertiary/aromatic N) is 3. The van der Waals surface area contributed by atoms with E-state index in [2.05, 4.69) is 4.90 Å². The smallest absolute Gasteiger partial charge is 0.263 e. The number of amides is 1. The number of rotatable bonds is 9. The molecule has 2 aromatic rings. The van der Waals surface area contributed by atoms with Gasteiger partial charge in [0.05, 0.1) is 5.75 Å². The van der Waals surface area contributed by atoms with E-state index in [-0.39, 0.29) is 35.5 Å². The average Bonchev–Trinajstić information content (AvgIpc) is 3.40. The Kier molecular flexibility index (Phi) is 10.7. The monoisotopic (exact) mass is 610 g/mol. The molecule has 2 fully saturated rings. The van der Waals surface area contributed by atoms with Gasteiger partial charge in [-0.25, -0.2) is 26.7 Å². The van der Waals surface area contributed by atoms with Crippen LogP contribution < -0.4 is 5.48 Å². The number of piperazine rings is 1. The second-order valence-corrected chi connectivity index (χ2v) is 14.5. The van der Waals surface area contributed by atoms with Crippen LogP contribution in [0.1, 0.15) is 25.7 Å². The van der Waals surface area contributed by atoms with E-state index in [1.807, 2.05) is 0 Å². The number of benzene rings is 1. The molecule has 0 radical (unpaired) electrons. The lowest BCUT2D eigenvalue weighted by Crippen LogP contribution is -2.61. The van der Waals surface area contributed by atoms with Crippen LogP contribution in [-0.4, -0.2) is 92.5 Å². The Labute approximate surface area is 232 Å². The van der Waals surface area contributed by atoms with Gasteiger partial charge in [-0.3, -0.25) is 10.0 Å². The number of halogens is 2. The van der Waals surface area contributed by atoms with Crippen LogP contribution in [0.15, 0.2) is 40.6 Å². The van der Waals surface area contributed by atoms with E-state index in [1.54, 1.807) is 6.07 Å². The summed E-state index contributed by atoms with van der Waals surface area (Å²) < 4.78 is 68.2. The van der Waals surface area contributed by atoms with Gasteiger partial charge in [0.25, 0.3) is 15.9 Å². The highest BCUT2D eigenvalue weighted by molar-refractivity contribution is 7.91. The van der Waals surface area contributed by atoms with Gasteiger partial charge in [-0.1, -0.05) is 18.6 Å². The van der Waals surface area contributed by atoms with Gasteiger partial charge in [0, 0.05) is 24.5 Å². The Morgan fingerprint density at radius 3 is 2.34 bits per heavy atom. The first kappa shape index (κ1) is 30.9. The number of carbonyl (C=O) groups is 1. The van der Waals surface area contributed by atoms with Crippen LogP contribution in [-0.2, 0) is 24.8 Å². The van der Waals surface area contributed by atoms with Gasteiger partial charge in [-0.15, -0.1) is 23.7 Å². The van der Waals surface area contributed by atoms with Gasteiger partial charge >= 0.3 is 0 Å². The van der Waals surface area contributed by atoms with Crippen LogP contribution in [0.25, 0.3) is 10.4 Å². The molecule has 1 amide bonds. The Morgan fingerprint density at radius 1 is 1.00 bits per heavy atom. The summed E-state index contributed by atoms with van der Waals surface area (Å²) in [6.45, 7) is 1.85. The summed E-state index contributed by atoms with van der Waals surface area (Å²) in [4.78, 5) is 15.3. The number of hydrogen-bond donors (Lipinski definition) is 2. The van der Waals surface area contributed by atoms with Gasteiger partial charge < -0.3 is 4.90 Å². The molecule has 0 unspecified atom stereocenters. The fourth-order valence-corrected chi connectivity index (χ4v) is 9.19. The fourth-order valence-electron chi connectivity index (χ4n) is 4.70. The first-order valence-corrected chi connectivity index (χ1v) is 16.0. The minimum atomic E-state index is -4.18. The van der Waals surface area contributed by atoms with E-state index < -0.39 is 44.4 Å². The van der Waals surface area contributed by atoms with Gasteiger partial charge in [0.1, 0.15) is 16.1 Å². The molecule has 10 nitrogen and oxygen atoms in total. The summed E-state index contributed by atoms with van der Waals surface area (Å²) in [5.41, 5.74) is 2.11. The predicted molar refractivity (Wildman–Crippen MR) is 145 cm³/mol. The maximum absolute atomic E-state index is 13.5. The van der Waals surface area contributed by atoms with Crippen molar-refractivity contribution in [2.75, 3.05) is 45.0 Å². The van der Waals surface area contributed by atoms with E-state index >= 15 is 0 Å². The molecule has 3 heterocycles. The topological polar surface area (TPSA) is 127 Å². The van der Waals surface area contributed by atoms with E-state index in [9.17, 15) is 31.2 Å². The van der Waals surface area contributed by atoms with E-state index in [4.69, 9.17) is 0 Å². The molecule has 4 rings (SSSR count). The highest BCUT2D eigenvalue weighted by atomic mass is 35.5. The first-order valence-electron chi connectivity index (χ1n) is 12.1. The number of likely N-dealkylation sites (tertiary alicyclic amines) is 1. The Balaban J connectivity index is 0.00000400. The molecule has 0 aliphatic carbocycles. The molecule has 38 heavy (non-hydrogen) atoms. The molecule has 1 aromatic heterocycles. The number of hydroxylamine groups is 1. The van der Waals surface area contributed by atoms with Gasteiger partial charge in [0.15, 0.2) is 0 Å². The fraction of sp³-hybridized carbons (Fsp3) is 0.522. The minimum Gasteiger partial charge on any atom is -0.303 e. The van der Waals surface area contributed by atoms with Crippen LogP contribution in [0.5, 0.6) is 0 Å². The molecule has 2 aliphatic rings. The highest BCUT2D eigenvalue weighted by Crippen LogP contribution is 2.34. The number of thiophene rings is 1. The molecule has 212 valence electrons. The van der Waals surface area contributed by atoms with Gasteiger partial charge in [0.2, 0.25) is 10.0 Å². The summed E-state index contributed by atoms with van der Waals surface area (Å²) in [5.74, 6) is -1.52. The van der Waals surface area contributed by atoms with Crippen molar-refractivity contribution in [2.24, 2.45) is 0 Å². The molecule has 2 saturated heterocycles. The zero-order valence-electron chi connectivity index (χ0n) is 20.7. The van der Waals surface area contributed by atoms with Crippen LogP contribution in [0.2, 0.25) is 0 Å². The largest absolute Gasteiger partial charge is 0.303 e. The van der Waals surface area contributed by atoms with Crippen LogP contribution in [0.3, 0.4) is 0 Å². The average molecular weight is 611 g/mol. The number of sulfonamides is 2. The van der Waals surface area contributed by atoms with Crippen molar-refractivity contribution >= 4 is 49.7 Å². The molecular formula is C23H32ClFN4O6S3. The minimum absolute atomic E-state index is 0. The van der Waals surface area contributed by atoms with Crippen molar-refractivity contribution in [1.29, 1.82) is 0 Å². The molecular weight excluding hydrogens is 579 g/mol. The second-order valence-electron chi connectivity index (χ2n) is 9.16. The number of carbonyl (C=O) groups excluding carboxylic acids is 1. The van der Waals surface area contributed by atoms with E-state index in [0.717, 1.165) is 45.9 Å². The Hall–Kier alpha value is -1.65. The molecule has 0 spiro atoms. The van der Waals surface area contributed by atoms with E-state index in [0.29, 0.717) is 23.4 Å². The number of hydrogen-bond acceptors (Lipinski definition) is 8. The molecule has 2 aliphatic heterocycles. The van der Waals surface area contributed by atoms with Crippen molar-refractivity contribution in [2.45, 2.75) is 35.9 Å². The SMILES string of the molecule is Cl.O=C(NO)[C@H]1CN(S(=O)(=O)CCCN2CCCCC2)CCN1S(=O)(=O)c1ccc(-c2ccc(F)cc2)s1. The van der Waals surface area contributed by atoms with Crippen LogP contribution >= 0.6 is 23.7 Å². The lowest BCUT2D eigenvalue weighted by molar-refractivity contribution is -0.134. The van der Waals surface area contributed by atoms with Gasteiger partial charge in [-0.2, -0.15) is 8.61 Å². The molecule has 1 aromatic carbocycles. The summed E-state index contributed by atoms with van der Waals surface area (Å²) in [6.07, 6.45) is 3.85. The molecule has 15 heteroatoms. The summed E-state index contributed by atoms with van der Waals surface area (Å²) in [7, 11) is -7.92. The van der Waals surface area contributed by atoms with Crippen LogP contribution in [0.4, 0.5) is 4.39 Å². The van der Waals surface area contributed by atoms with Crippen molar-refractivity contribution in [3.05, 3.63) is 42.2 Å². The predicted octanol–water partition coefficient (Wildman–Crippen LogP) is 2.36. The highest BCUT2D eigenvalue weighted by Gasteiger charge is 2.43. The van der Waals surface area contributed by atoms with Crippen molar-refractivity contribution in [3.63, 3.8) is 0 Å². The maximum Gasteiger partial charge on any atom is 0.263 e. The third-order valence-electron chi connectivity index (χ3n) is 6.70. The summed E-state index contributed by atoms with van der Waals surface area (Å²) >= 11 is 0.962. The quantitative estimate of drug-likeness (QED) is 0.330. The summed E-state index contributed by atoms with van der Waals surface area (Å²) in [5, 5.41) is 9.27. The normalized spacial score (nSPS) is 20.1. The third-order valence-corrected chi connectivity index (χ3v) is 12.1. The number of nitrogens with one attached hydrogen (secondary N) is 1. The van der Waals surface area contributed by atoms with Crippen molar-refractivity contribution in [1.82, 2.24) is 19.0 Å². The number of piperidine rings is 1. The molecule has 0 saturated carbocycles. The van der Waals surface area contributed by atoms with Crippen molar-refractivity contribution < 1.29 is 31.2 Å². The van der Waals surface area contributed by atoms with E-state index in [1.165, 1.54) is 42.2 Å². The van der Waals surface area contributed by atoms with Crippen LogP contribution in [0, 0.1) is 5.82 Å². The second kappa shape index (κ2) is 13.1. The summed E-state index contributed by atoms with van der Waals surface area (Å²) in [6, 6.07) is 7.18. The maximum atomic E-state index is 13.5. The lowest BCUT2D eigenvalue weighted by atomic mass is 10.1. The molecule has 2 N–H and O–H groups in total. The Bertz CT molecular complexity index is 1300. The zero-order valence-corrected chi connectivity index (χ0v) is 23.9. The lowest BCUT2D eigenvalue weighted by Gasteiger charge is -2.38. The Morgan fingerprint density at radius 2 is 1.68 bits per heavy atom. The third kappa shape index (κ3) is 7.10. The van der Waals surface area contributed by atoms with Gasteiger partial charge in [-0.05, 0) is 68.7 Å². The molecule has 0 bridgehead atoms. The standard InChI is InChI=1S/C23H31FN4O6S3.ClH/c24-19-7-5-18(6-8-19)21-9-10-22(35-21)37(33,34)28-15-14-27(17-20(28)23(29)25-30)36(31,32)16-4-13-26-11-2-1-3-12-26;/h5-10,20,30H,1-4,11-17H2,(H,25,29);1H/t20-;/m1./s1. The molecule has 1 atom stereocenters. The van der Waals surface area contributed by atoms with Crippen molar-refractivity contribution in [3.8, 4) is 10.4 Å². The zero-order chi connectivity index (χ0) is 26.6. The first-order chi connectivity index (χ1) is 17.6.